The lowest BCUT2D eigenvalue weighted by molar-refractivity contribution is 0.203. The van der Waals surface area contributed by atoms with E-state index in [1.54, 1.807) is 0 Å². The Morgan fingerprint density at radius 2 is 0.912 bits per heavy atom. The Kier molecular flexibility index (Phi) is 7.25. The summed E-state index contributed by atoms with van der Waals surface area (Å²) in [6.45, 7) is 0. The Morgan fingerprint density at radius 3 is 1.60 bits per heavy atom. The van der Waals surface area contributed by atoms with Crippen molar-refractivity contribution in [2.75, 3.05) is 0 Å². The summed E-state index contributed by atoms with van der Waals surface area (Å²) >= 11 is 0. The standard InChI is InChI=1S/C51H36N4O2/c1-3-14-31(15-4-1)49-52-50(32-16-5-2-6-17-32)54-51(53-49)33-28-29-40-45(30-33)56-44-27-13-20-36(46(40)44)37-21-11-22-38-39-23-12-26-43(48(39)57-47(37)38)55-41-24-9-7-18-34(41)35-19-8-10-25-42(35)55/h1-30,49-54H. The topological polar surface area (TPSA) is 67.3 Å². The van der Waals surface area contributed by atoms with Gasteiger partial charge in [0, 0.05) is 37.9 Å². The van der Waals surface area contributed by atoms with E-state index in [0.717, 1.165) is 77.3 Å². The molecule has 57 heavy (non-hydrogen) atoms. The maximum Gasteiger partial charge on any atom is 0.159 e. The summed E-state index contributed by atoms with van der Waals surface area (Å²) < 4.78 is 16.1. The van der Waals surface area contributed by atoms with Crippen LogP contribution in [0.25, 0.3) is 82.5 Å². The molecule has 6 heteroatoms. The molecule has 11 aromatic rings. The van der Waals surface area contributed by atoms with Crippen LogP contribution in [0.2, 0.25) is 0 Å². The average Bonchev–Trinajstić information content (AvgIpc) is 3.96. The lowest BCUT2D eigenvalue weighted by Crippen LogP contribution is -2.54. The van der Waals surface area contributed by atoms with Gasteiger partial charge >= 0.3 is 0 Å². The van der Waals surface area contributed by atoms with Crippen molar-refractivity contribution in [1.82, 2.24) is 20.5 Å². The quantitative estimate of drug-likeness (QED) is 0.164. The minimum atomic E-state index is -0.133. The third-order valence-electron chi connectivity index (χ3n) is 11.7. The van der Waals surface area contributed by atoms with Crippen LogP contribution in [0, 0.1) is 0 Å². The second-order valence-corrected chi connectivity index (χ2v) is 15.0. The zero-order valence-electron chi connectivity index (χ0n) is 30.8. The smallest absolute Gasteiger partial charge is 0.159 e. The molecule has 4 heterocycles. The van der Waals surface area contributed by atoms with Crippen molar-refractivity contribution >= 4 is 65.7 Å². The van der Waals surface area contributed by atoms with Gasteiger partial charge in [0.15, 0.2) is 5.58 Å². The van der Waals surface area contributed by atoms with E-state index >= 15 is 0 Å². The molecule has 1 aliphatic rings. The van der Waals surface area contributed by atoms with E-state index < -0.39 is 0 Å². The van der Waals surface area contributed by atoms with Crippen molar-refractivity contribution in [2.45, 2.75) is 18.5 Å². The molecule has 1 aliphatic heterocycles. The number of hydrogen-bond acceptors (Lipinski definition) is 5. The van der Waals surface area contributed by atoms with Crippen LogP contribution in [0.1, 0.15) is 35.2 Å². The van der Waals surface area contributed by atoms with Gasteiger partial charge in [-0.05, 0) is 52.6 Å². The number of furan rings is 2. The Morgan fingerprint density at radius 1 is 0.368 bits per heavy atom. The lowest BCUT2D eigenvalue weighted by Gasteiger charge is -2.39. The zero-order chi connectivity index (χ0) is 37.5. The second-order valence-electron chi connectivity index (χ2n) is 15.0. The van der Waals surface area contributed by atoms with Gasteiger partial charge in [-0.25, -0.2) is 0 Å². The number of rotatable bonds is 5. The SMILES string of the molecule is c1ccc(C2NC(c3ccccc3)NC(c3ccc4c(c3)oc3cccc(-c5cccc6c5oc5c(-n7c8ccccc8c8ccccc87)cccc56)c34)N2)cc1. The zero-order valence-corrected chi connectivity index (χ0v) is 30.8. The molecule has 0 radical (unpaired) electrons. The first-order valence-corrected chi connectivity index (χ1v) is 19.5. The Bertz CT molecular complexity index is 3210. The molecule has 1 fully saturated rings. The number of nitrogens with one attached hydrogen (secondary N) is 3. The fraction of sp³-hybridized carbons (Fsp3) is 0.0588. The van der Waals surface area contributed by atoms with E-state index in [9.17, 15) is 0 Å². The number of para-hydroxylation sites is 4. The molecular formula is C51H36N4O2. The molecule has 0 bridgehead atoms. The number of hydrogen-bond donors (Lipinski definition) is 3. The molecule has 6 nitrogen and oxygen atoms in total. The fourth-order valence-corrected chi connectivity index (χ4v) is 9.13. The van der Waals surface area contributed by atoms with Crippen molar-refractivity contribution in [3.05, 3.63) is 199 Å². The third-order valence-corrected chi connectivity index (χ3v) is 11.7. The molecule has 3 N–H and O–H groups in total. The highest BCUT2D eigenvalue weighted by molar-refractivity contribution is 6.18. The largest absolute Gasteiger partial charge is 0.456 e. The molecule has 8 aromatic carbocycles. The maximum absolute atomic E-state index is 7.05. The van der Waals surface area contributed by atoms with Crippen LogP contribution in [-0.4, -0.2) is 4.57 Å². The number of fused-ring (bicyclic) bond motifs is 9. The van der Waals surface area contributed by atoms with E-state index in [4.69, 9.17) is 8.83 Å². The highest BCUT2D eigenvalue weighted by Crippen LogP contribution is 2.44. The first-order valence-electron chi connectivity index (χ1n) is 19.5. The monoisotopic (exact) mass is 736 g/mol. The van der Waals surface area contributed by atoms with Crippen molar-refractivity contribution in [1.29, 1.82) is 0 Å². The van der Waals surface area contributed by atoms with Crippen molar-refractivity contribution in [3.8, 4) is 16.8 Å². The minimum Gasteiger partial charge on any atom is -0.456 e. The molecule has 2 atom stereocenters. The number of aromatic nitrogens is 1. The first kappa shape index (κ1) is 32.3. The molecule has 0 aliphatic carbocycles. The Hall–Kier alpha value is -6.96. The van der Waals surface area contributed by atoms with Crippen LogP contribution < -0.4 is 16.0 Å². The van der Waals surface area contributed by atoms with Crippen LogP contribution >= 0.6 is 0 Å². The normalized spacial score (nSPS) is 17.4. The highest BCUT2D eigenvalue weighted by Gasteiger charge is 2.30. The molecule has 1 saturated heterocycles. The van der Waals surface area contributed by atoms with Gasteiger partial charge in [-0.2, -0.15) is 0 Å². The third kappa shape index (κ3) is 5.09. The summed E-state index contributed by atoms with van der Waals surface area (Å²) in [6, 6.07) is 64.2. The summed E-state index contributed by atoms with van der Waals surface area (Å²) in [6.07, 6.45) is -0.243. The van der Waals surface area contributed by atoms with E-state index in [-0.39, 0.29) is 18.5 Å². The predicted molar refractivity (Wildman–Crippen MR) is 231 cm³/mol. The molecule has 12 rings (SSSR count). The van der Waals surface area contributed by atoms with Crippen molar-refractivity contribution in [2.24, 2.45) is 0 Å². The molecule has 272 valence electrons. The lowest BCUT2D eigenvalue weighted by atomic mass is 9.97. The van der Waals surface area contributed by atoms with Gasteiger partial charge in [-0.3, -0.25) is 16.0 Å². The Balaban J connectivity index is 0.986. The summed E-state index contributed by atoms with van der Waals surface area (Å²) in [5.74, 6) is 0. The number of nitrogens with zero attached hydrogens (tertiary/aromatic N) is 1. The van der Waals surface area contributed by atoms with Crippen LogP contribution in [0.4, 0.5) is 0 Å². The molecule has 3 aromatic heterocycles. The summed E-state index contributed by atoms with van der Waals surface area (Å²) in [7, 11) is 0. The average molecular weight is 737 g/mol. The number of benzene rings is 8. The molecule has 0 spiro atoms. The van der Waals surface area contributed by atoms with E-state index in [1.807, 2.05) is 0 Å². The van der Waals surface area contributed by atoms with Crippen LogP contribution in [-0.2, 0) is 0 Å². The van der Waals surface area contributed by atoms with Gasteiger partial charge in [-0.15, -0.1) is 0 Å². The van der Waals surface area contributed by atoms with E-state index in [2.05, 4.69) is 203 Å². The van der Waals surface area contributed by atoms with E-state index in [0.29, 0.717) is 0 Å². The van der Waals surface area contributed by atoms with Crippen LogP contribution in [0.3, 0.4) is 0 Å². The van der Waals surface area contributed by atoms with Gasteiger partial charge in [0.2, 0.25) is 0 Å². The second kappa shape index (κ2) is 12.8. The van der Waals surface area contributed by atoms with Gasteiger partial charge in [0.1, 0.15) is 16.7 Å². The fourth-order valence-electron chi connectivity index (χ4n) is 9.13. The Labute approximate surface area is 327 Å². The molecule has 2 unspecified atom stereocenters. The van der Waals surface area contributed by atoms with Crippen molar-refractivity contribution < 1.29 is 8.83 Å². The van der Waals surface area contributed by atoms with Crippen LogP contribution in [0.15, 0.2) is 191 Å². The maximum atomic E-state index is 7.05. The van der Waals surface area contributed by atoms with E-state index in [1.165, 1.54) is 21.9 Å². The van der Waals surface area contributed by atoms with Gasteiger partial charge < -0.3 is 13.4 Å². The first-order chi connectivity index (χ1) is 28.3. The molecule has 0 saturated carbocycles. The van der Waals surface area contributed by atoms with Gasteiger partial charge in [0.05, 0.1) is 35.2 Å². The van der Waals surface area contributed by atoms with Crippen molar-refractivity contribution in [3.63, 3.8) is 0 Å². The van der Waals surface area contributed by atoms with Gasteiger partial charge in [-0.1, -0.05) is 152 Å². The predicted octanol–water partition coefficient (Wildman–Crippen LogP) is 12.4. The molecule has 0 amide bonds. The summed E-state index contributed by atoms with van der Waals surface area (Å²) in [5, 5.41) is 18.1. The van der Waals surface area contributed by atoms with Gasteiger partial charge in [0.25, 0.3) is 0 Å². The molecular weight excluding hydrogens is 701 g/mol. The van der Waals surface area contributed by atoms with Crippen LogP contribution in [0.5, 0.6) is 0 Å². The summed E-state index contributed by atoms with van der Waals surface area (Å²) in [5.41, 5.74) is 12.3. The minimum absolute atomic E-state index is 0.0552. The summed E-state index contributed by atoms with van der Waals surface area (Å²) in [4.78, 5) is 0. The highest BCUT2D eigenvalue weighted by atomic mass is 16.3.